The number of hydrogen-bond acceptors (Lipinski definition) is 5. The molecular weight excluding hydrogens is 359 g/mol. The van der Waals surface area contributed by atoms with Gasteiger partial charge in [0.1, 0.15) is 5.82 Å². The highest BCUT2D eigenvalue weighted by atomic mass is 32.2. The summed E-state index contributed by atoms with van der Waals surface area (Å²) < 4.78 is 38.8. The van der Waals surface area contributed by atoms with Crippen LogP contribution in [0.3, 0.4) is 0 Å². The SMILES string of the molecule is CC(C)S(=O)(=O)n1c(N)nc2cc(NC(=O)c3ccc(F)cc3)ccc21. The first kappa shape index (κ1) is 17.9. The Balaban J connectivity index is 1.96. The largest absolute Gasteiger partial charge is 0.368 e. The van der Waals surface area contributed by atoms with E-state index in [1.165, 1.54) is 36.4 Å². The second-order valence-electron chi connectivity index (χ2n) is 5.99. The standard InChI is InChI=1S/C17H17FN4O3S/c1-10(2)26(24,25)22-15-8-7-13(9-14(15)21-17(22)19)20-16(23)11-3-5-12(18)6-4-11/h3-10H,1-2H3,(H2,19,21)(H,20,23). The van der Waals surface area contributed by atoms with Gasteiger partial charge in [-0.1, -0.05) is 0 Å². The van der Waals surface area contributed by atoms with Gasteiger partial charge in [0.25, 0.3) is 5.91 Å². The topological polar surface area (TPSA) is 107 Å². The molecule has 3 N–H and O–H groups in total. The van der Waals surface area contributed by atoms with E-state index in [0.29, 0.717) is 22.3 Å². The Morgan fingerprint density at radius 1 is 1.19 bits per heavy atom. The Bertz CT molecular complexity index is 1090. The number of nitrogens with one attached hydrogen (secondary N) is 1. The van der Waals surface area contributed by atoms with Crippen molar-refractivity contribution in [1.29, 1.82) is 0 Å². The molecule has 3 rings (SSSR count). The summed E-state index contributed by atoms with van der Waals surface area (Å²) in [6, 6.07) is 9.72. The van der Waals surface area contributed by atoms with Crippen molar-refractivity contribution in [3.05, 3.63) is 53.8 Å². The molecule has 0 spiro atoms. The van der Waals surface area contributed by atoms with E-state index in [0.717, 1.165) is 3.97 Å². The number of nitrogens with zero attached hydrogens (tertiary/aromatic N) is 2. The van der Waals surface area contributed by atoms with E-state index in [2.05, 4.69) is 10.3 Å². The summed E-state index contributed by atoms with van der Waals surface area (Å²) in [5, 5.41) is 1.99. The molecule has 1 amide bonds. The molecule has 0 aliphatic carbocycles. The van der Waals surface area contributed by atoms with Gasteiger partial charge in [0.15, 0.2) is 0 Å². The number of carbonyl (C=O) groups is 1. The van der Waals surface area contributed by atoms with Crippen molar-refractivity contribution in [2.45, 2.75) is 19.1 Å². The molecule has 0 atom stereocenters. The van der Waals surface area contributed by atoms with Gasteiger partial charge in [0.2, 0.25) is 16.0 Å². The summed E-state index contributed by atoms with van der Waals surface area (Å²) in [6.45, 7) is 3.11. The van der Waals surface area contributed by atoms with Crippen LogP contribution < -0.4 is 11.1 Å². The van der Waals surface area contributed by atoms with Crippen LogP contribution in [0.5, 0.6) is 0 Å². The normalized spacial score (nSPS) is 11.8. The molecular formula is C17H17FN4O3S. The molecule has 2 aromatic carbocycles. The second kappa shape index (κ2) is 6.41. The van der Waals surface area contributed by atoms with E-state index in [-0.39, 0.29) is 5.95 Å². The minimum Gasteiger partial charge on any atom is -0.368 e. The highest BCUT2D eigenvalue weighted by molar-refractivity contribution is 7.90. The van der Waals surface area contributed by atoms with E-state index in [1.54, 1.807) is 19.9 Å². The molecule has 136 valence electrons. The van der Waals surface area contributed by atoms with Crippen molar-refractivity contribution < 1.29 is 17.6 Å². The van der Waals surface area contributed by atoms with Gasteiger partial charge in [-0.15, -0.1) is 0 Å². The van der Waals surface area contributed by atoms with Crippen LogP contribution >= 0.6 is 0 Å². The molecule has 1 heterocycles. The molecule has 0 aliphatic rings. The van der Waals surface area contributed by atoms with Crippen molar-refractivity contribution >= 4 is 38.6 Å². The predicted molar refractivity (Wildman–Crippen MR) is 98.0 cm³/mol. The molecule has 9 heteroatoms. The number of benzene rings is 2. The number of hydrogen-bond donors (Lipinski definition) is 2. The molecule has 0 radical (unpaired) electrons. The molecule has 0 saturated carbocycles. The summed E-state index contributed by atoms with van der Waals surface area (Å²) >= 11 is 0. The number of halogens is 1. The Labute approximate surface area is 149 Å². The second-order valence-corrected chi connectivity index (χ2v) is 8.33. The lowest BCUT2D eigenvalue weighted by Crippen LogP contribution is -2.23. The number of nitrogen functional groups attached to an aromatic ring is 1. The summed E-state index contributed by atoms with van der Waals surface area (Å²) in [5.41, 5.74) is 7.16. The third-order valence-corrected chi connectivity index (χ3v) is 5.94. The fourth-order valence-electron chi connectivity index (χ4n) is 2.44. The summed E-state index contributed by atoms with van der Waals surface area (Å²) in [5.74, 6) is -1.00. The smallest absolute Gasteiger partial charge is 0.255 e. The fourth-order valence-corrected chi connectivity index (χ4v) is 3.59. The molecule has 0 saturated heterocycles. The lowest BCUT2D eigenvalue weighted by Gasteiger charge is -2.11. The Morgan fingerprint density at radius 2 is 1.85 bits per heavy atom. The average Bonchev–Trinajstić information content (AvgIpc) is 2.90. The van der Waals surface area contributed by atoms with Gasteiger partial charge in [-0.3, -0.25) is 4.79 Å². The van der Waals surface area contributed by atoms with Crippen molar-refractivity contribution in [3.8, 4) is 0 Å². The van der Waals surface area contributed by atoms with E-state index < -0.39 is 27.0 Å². The molecule has 26 heavy (non-hydrogen) atoms. The average molecular weight is 376 g/mol. The van der Waals surface area contributed by atoms with Gasteiger partial charge in [0.05, 0.1) is 16.3 Å². The highest BCUT2D eigenvalue weighted by Gasteiger charge is 2.24. The minimum atomic E-state index is -3.67. The summed E-state index contributed by atoms with van der Waals surface area (Å²) in [4.78, 5) is 16.3. The maximum Gasteiger partial charge on any atom is 0.255 e. The molecule has 3 aromatic rings. The van der Waals surface area contributed by atoms with Crippen LogP contribution in [0.4, 0.5) is 16.0 Å². The first-order valence-corrected chi connectivity index (χ1v) is 9.30. The van der Waals surface area contributed by atoms with Gasteiger partial charge in [-0.05, 0) is 56.3 Å². The Morgan fingerprint density at radius 3 is 2.46 bits per heavy atom. The Hall–Kier alpha value is -2.94. The number of carbonyl (C=O) groups excluding carboxylic acids is 1. The molecule has 1 aromatic heterocycles. The van der Waals surface area contributed by atoms with E-state index >= 15 is 0 Å². The number of rotatable bonds is 4. The van der Waals surface area contributed by atoms with Crippen LogP contribution in [0.15, 0.2) is 42.5 Å². The van der Waals surface area contributed by atoms with Gasteiger partial charge in [0, 0.05) is 11.3 Å². The number of aromatic nitrogens is 2. The van der Waals surface area contributed by atoms with Gasteiger partial charge >= 0.3 is 0 Å². The quantitative estimate of drug-likeness (QED) is 0.728. The van der Waals surface area contributed by atoms with Crippen LogP contribution in [0.25, 0.3) is 11.0 Å². The van der Waals surface area contributed by atoms with Crippen molar-refractivity contribution in [2.75, 3.05) is 11.1 Å². The summed E-state index contributed by atoms with van der Waals surface area (Å²) in [7, 11) is -3.67. The van der Waals surface area contributed by atoms with Crippen molar-refractivity contribution in [1.82, 2.24) is 8.96 Å². The van der Waals surface area contributed by atoms with Gasteiger partial charge in [-0.2, -0.15) is 0 Å². The number of nitrogens with two attached hydrogens (primary N) is 1. The Kier molecular flexibility index (Phi) is 4.41. The monoisotopic (exact) mass is 376 g/mol. The number of anilines is 2. The van der Waals surface area contributed by atoms with E-state index in [4.69, 9.17) is 5.73 Å². The zero-order valence-corrected chi connectivity index (χ0v) is 14.9. The minimum absolute atomic E-state index is 0.143. The highest BCUT2D eigenvalue weighted by Crippen LogP contribution is 2.25. The maximum absolute atomic E-state index is 12.9. The lowest BCUT2D eigenvalue weighted by atomic mass is 10.2. The first-order chi connectivity index (χ1) is 12.2. The van der Waals surface area contributed by atoms with Gasteiger partial charge < -0.3 is 11.1 Å². The molecule has 0 fully saturated rings. The lowest BCUT2D eigenvalue weighted by molar-refractivity contribution is 0.102. The van der Waals surface area contributed by atoms with Crippen molar-refractivity contribution in [2.24, 2.45) is 0 Å². The first-order valence-electron chi connectivity index (χ1n) is 7.79. The zero-order chi connectivity index (χ0) is 19.1. The third kappa shape index (κ3) is 3.13. The molecule has 0 unspecified atom stereocenters. The van der Waals surface area contributed by atoms with Crippen LogP contribution in [0, 0.1) is 5.82 Å². The zero-order valence-electron chi connectivity index (χ0n) is 14.1. The third-order valence-electron chi connectivity index (χ3n) is 3.85. The molecule has 7 nitrogen and oxygen atoms in total. The number of fused-ring (bicyclic) bond motifs is 1. The van der Waals surface area contributed by atoms with Crippen LogP contribution in [0.2, 0.25) is 0 Å². The van der Waals surface area contributed by atoms with Crippen LogP contribution in [-0.2, 0) is 10.0 Å². The van der Waals surface area contributed by atoms with Crippen LogP contribution in [0.1, 0.15) is 24.2 Å². The molecule has 0 bridgehead atoms. The van der Waals surface area contributed by atoms with Gasteiger partial charge in [-0.25, -0.2) is 21.8 Å². The van der Waals surface area contributed by atoms with Crippen LogP contribution in [-0.4, -0.2) is 28.5 Å². The predicted octanol–water partition coefficient (Wildman–Crippen LogP) is 2.60. The van der Waals surface area contributed by atoms with E-state index in [1.807, 2.05) is 0 Å². The number of amides is 1. The number of imidazole rings is 1. The van der Waals surface area contributed by atoms with E-state index in [9.17, 15) is 17.6 Å². The molecule has 0 aliphatic heterocycles. The summed E-state index contributed by atoms with van der Waals surface area (Å²) in [6.07, 6.45) is 0. The maximum atomic E-state index is 12.9. The van der Waals surface area contributed by atoms with Crippen molar-refractivity contribution in [3.63, 3.8) is 0 Å². The fraction of sp³-hybridized carbons (Fsp3) is 0.176.